The van der Waals surface area contributed by atoms with Crippen molar-refractivity contribution in [1.29, 1.82) is 5.26 Å². The van der Waals surface area contributed by atoms with Crippen molar-refractivity contribution in [3.63, 3.8) is 0 Å². The van der Waals surface area contributed by atoms with Gasteiger partial charge in [0, 0.05) is 17.7 Å². The zero-order valence-corrected chi connectivity index (χ0v) is 11.0. The van der Waals surface area contributed by atoms with E-state index in [0.29, 0.717) is 17.0 Å². The van der Waals surface area contributed by atoms with Crippen LogP contribution in [0.5, 0.6) is 5.75 Å². The van der Waals surface area contributed by atoms with Crippen LogP contribution in [0.15, 0.2) is 29.3 Å². The lowest BCUT2D eigenvalue weighted by molar-refractivity contribution is -0.384. The fraction of sp³-hybridized carbons (Fsp3) is 0.231. The predicted octanol–water partition coefficient (Wildman–Crippen LogP) is 2.21. The van der Waals surface area contributed by atoms with E-state index in [1.807, 2.05) is 13.8 Å². The maximum absolute atomic E-state index is 10.8. The Morgan fingerprint density at radius 2 is 2.30 bits per heavy atom. The second kappa shape index (κ2) is 5.01. The Balaban J connectivity index is 2.50. The molecule has 1 aromatic carbocycles. The van der Waals surface area contributed by atoms with Crippen molar-refractivity contribution in [2.45, 2.75) is 19.4 Å². The van der Waals surface area contributed by atoms with Crippen molar-refractivity contribution in [3.05, 3.63) is 40.0 Å². The number of nitro benzene ring substituents is 1. The Morgan fingerprint density at radius 3 is 2.95 bits per heavy atom. The zero-order chi connectivity index (χ0) is 14.8. The van der Waals surface area contributed by atoms with Gasteiger partial charge in [0.15, 0.2) is 6.19 Å². The third-order valence-electron chi connectivity index (χ3n) is 2.64. The van der Waals surface area contributed by atoms with Crippen molar-refractivity contribution in [2.75, 3.05) is 0 Å². The van der Waals surface area contributed by atoms with Gasteiger partial charge in [-0.05, 0) is 26.0 Å². The number of ether oxygens (including phenoxy) is 1. The van der Waals surface area contributed by atoms with Gasteiger partial charge in [-0.3, -0.25) is 15.4 Å². The van der Waals surface area contributed by atoms with E-state index in [1.54, 1.807) is 18.3 Å². The van der Waals surface area contributed by atoms with Crippen LogP contribution in [0.3, 0.4) is 0 Å². The summed E-state index contributed by atoms with van der Waals surface area (Å²) in [6, 6.07) is 4.34. The summed E-state index contributed by atoms with van der Waals surface area (Å²) < 4.78 is 5.73. The minimum absolute atomic E-state index is 0.0404. The van der Waals surface area contributed by atoms with Crippen LogP contribution in [0, 0.1) is 21.6 Å². The molecule has 0 spiro atoms. The second-order valence-electron chi connectivity index (χ2n) is 4.69. The molecule has 0 amide bonds. The van der Waals surface area contributed by atoms with Gasteiger partial charge in [0.05, 0.1) is 10.6 Å². The molecule has 1 heterocycles. The van der Waals surface area contributed by atoms with Crippen LogP contribution in [0.25, 0.3) is 5.70 Å². The van der Waals surface area contributed by atoms with Crippen LogP contribution in [0.1, 0.15) is 19.4 Å². The molecule has 0 atom stereocenters. The number of benzene rings is 1. The lowest BCUT2D eigenvalue weighted by Gasteiger charge is -2.29. The molecule has 0 radical (unpaired) electrons. The highest BCUT2D eigenvalue weighted by Crippen LogP contribution is 2.38. The third kappa shape index (κ3) is 2.75. The summed E-state index contributed by atoms with van der Waals surface area (Å²) in [7, 11) is 0. The van der Waals surface area contributed by atoms with Crippen LogP contribution in [0.2, 0.25) is 0 Å². The fourth-order valence-electron chi connectivity index (χ4n) is 1.88. The average Bonchev–Trinajstić information content (AvgIpc) is 2.37. The molecule has 1 aromatic rings. The van der Waals surface area contributed by atoms with Crippen LogP contribution >= 0.6 is 0 Å². The summed E-state index contributed by atoms with van der Waals surface area (Å²) >= 11 is 0. The normalized spacial score (nSPS) is 15.8. The molecule has 1 aliphatic heterocycles. The molecule has 0 saturated carbocycles. The number of fused-ring (bicyclic) bond motifs is 1. The molecule has 0 bridgehead atoms. The number of rotatable bonds is 3. The highest BCUT2D eigenvalue weighted by Gasteiger charge is 2.27. The smallest absolute Gasteiger partial charge is 0.270 e. The molecule has 20 heavy (non-hydrogen) atoms. The largest absolute Gasteiger partial charge is 0.483 e. The molecule has 102 valence electrons. The van der Waals surface area contributed by atoms with Crippen molar-refractivity contribution in [1.82, 2.24) is 5.32 Å². The van der Waals surface area contributed by atoms with Crippen molar-refractivity contribution in [3.8, 4) is 11.9 Å². The second-order valence-corrected chi connectivity index (χ2v) is 4.69. The predicted molar refractivity (Wildman–Crippen MR) is 73.0 cm³/mol. The minimum atomic E-state index is -0.581. The minimum Gasteiger partial charge on any atom is -0.483 e. The molecule has 0 aliphatic carbocycles. The summed E-state index contributed by atoms with van der Waals surface area (Å²) in [5, 5.41) is 21.5. The first kappa shape index (κ1) is 13.5. The van der Waals surface area contributed by atoms with Gasteiger partial charge in [-0.1, -0.05) is 0 Å². The van der Waals surface area contributed by atoms with Gasteiger partial charge in [-0.25, -0.2) is 4.99 Å². The monoisotopic (exact) mass is 272 g/mol. The molecular formula is C13H12N4O3. The lowest BCUT2D eigenvalue weighted by Crippen LogP contribution is -2.28. The zero-order valence-electron chi connectivity index (χ0n) is 11.0. The topological polar surface area (TPSA) is 101 Å². The van der Waals surface area contributed by atoms with E-state index in [-0.39, 0.29) is 5.69 Å². The van der Waals surface area contributed by atoms with E-state index >= 15 is 0 Å². The number of aliphatic imine (C=N–C) groups is 1. The molecule has 0 saturated heterocycles. The quantitative estimate of drug-likeness (QED) is 0.227. The highest BCUT2D eigenvalue weighted by atomic mass is 16.6. The Labute approximate surface area is 115 Å². The summed E-state index contributed by atoms with van der Waals surface area (Å²) in [6.45, 7) is 3.70. The molecule has 2 rings (SSSR count). The summed E-state index contributed by atoms with van der Waals surface area (Å²) in [5.41, 5.74) is 0.418. The van der Waals surface area contributed by atoms with Gasteiger partial charge in [-0.2, -0.15) is 5.26 Å². The first-order valence-corrected chi connectivity index (χ1v) is 5.81. The first-order chi connectivity index (χ1) is 9.43. The number of non-ortho nitro benzene ring substituents is 1. The molecule has 7 nitrogen and oxygen atoms in total. The maximum Gasteiger partial charge on any atom is 0.270 e. The van der Waals surface area contributed by atoms with Crippen molar-refractivity contribution in [2.24, 2.45) is 4.99 Å². The fourth-order valence-corrected chi connectivity index (χ4v) is 1.88. The van der Waals surface area contributed by atoms with E-state index in [2.05, 4.69) is 10.3 Å². The van der Waals surface area contributed by atoms with Crippen molar-refractivity contribution < 1.29 is 9.66 Å². The third-order valence-corrected chi connectivity index (χ3v) is 2.64. The van der Waals surface area contributed by atoms with Crippen LogP contribution in [0.4, 0.5) is 5.69 Å². The number of nitriles is 1. The summed E-state index contributed by atoms with van der Waals surface area (Å²) in [5.74, 6) is 0.521. The van der Waals surface area contributed by atoms with Gasteiger partial charge < -0.3 is 4.74 Å². The van der Waals surface area contributed by atoms with Gasteiger partial charge >= 0.3 is 0 Å². The van der Waals surface area contributed by atoms with Crippen LogP contribution < -0.4 is 10.1 Å². The Bertz CT molecular complexity index is 656. The van der Waals surface area contributed by atoms with E-state index in [1.165, 1.54) is 18.5 Å². The van der Waals surface area contributed by atoms with E-state index in [4.69, 9.17) is 10.00 Å². The van der Waals surface area contributed by atoms with Crippen LogP contribution in [-0.2, 0) is 0 Å². The Kier molecular flexibility index (Phi) is 3.39. The molecule has 0 unspecified atom stereocenters. The lowest BCUT2D eigenvalue weighted by atomic mass is 9.99. The van der Waals surface area contributed by atoms with E-state index in [0.717, 1.165) is 0 Å². The van der Waals surface area contributed by atoms with E-state index in [9.17, 15) is 10.1 Å². The maximum atomic E-state index is 10.8. The van der Waals surface area contributed by atoms with E-state index < -0.39 is 10.5 Å². The Morgan fingerprint density at radius 1 is 1.55 bits per heavy atom. The van der Waals surface area contributed by atoms with Gasteiger partial charge in [-0.15, -0.1) is 0 Å². The Hall–Kier alpha value is -2.88. The summed E-state index contributed by atoms with van der Waals surface area (Å²) in [4.78, 5) is 14.5. The van der Waals surface area contributed by atoms with Crippen LogP contribution in [-0.4, -0.2) is 16.9 Å². The molecule has 1 aliphatic rings. The molecule has 0 fully saturated rings. The average molecular weight is 272 g/mol. The van der Waals surface area contributed by atoms with Crippen molar-refractivity contribution >= 4 is 17.7 Å². The van der Waals surface area contributed by atoms with Gasteiger partial charge in [0.2, 0.25) is 0 Å². The highest BCUT2D eigenvalue weighted by molar-refractivity contribution is 5.79. The standard InChI is InChI=1S/C13H12N4O3/c1-13(2)6-11(16-8-15-7-14)10-5-9(17(18)19)3-4-12(10)20-13/h3-6,8H,1-2H3,(H,15,16). The molecule has 0 aromatic heterocycles. The summed E-state index contributed by atoms with van der Waals surface area (Å²) in [6.07, 6.45) is 4.69. The molecule has 1 N–H and O–H groups in total. The number of hydrogen-bond donors (Lipinski definition) is 1. The van der Waals surface area contributed by atoms with Gasteiger partial charge in [0.1, 0.15) is 17.7 Å². The number of hydrogen-bond acceptors (Lipinski definition) is 5. The number of nitrogens with zero attached hydrogens (tertiary/aromatic N) is 3. The first-order valence-electron chi connectivity index (χ1n) is 5.81. The molecule has 7 heteroatoms. The number of nitro groups is 1. The number of nitrogens with one attached hydrogen (secondary N) is 1. The van der Waals surface area contributed by atoms with Gasteiger partial charge in [0.25, 0.3) is 5.69 Å². The molecular weight excluding hydrogens is 260 g/mol. The SMILES string of the molecule is CC1(C)C=C(N=CNC#N)c2cc([N+](=O)[O-])ccc2O1.